The second-order valence-electron chi connectivity index (χ2n) is 3.84. The van der Waals surface area contributed by atoms with E-state index in [-0.39, 0.29) is 18.6 Å². The van der Waals surface area contributed by atoms with Crippen molar-refractivity contribution in [2.75, 3.05) is 11.0 Å². The number of Topliss-reactive ketones (excluding diaryl/α,β-unsaturated/α-hetero) is 1. The lowest BCUT2D eigenvalue weighted by Gasteiger charge is -2.04. The number of hydrogen-bond acceptors (Lipinski definition) is 4. The molecule has 1 amide bonds. The van der Waals surface area contributed by atoms with Crippen LogP contribution in [0.5, 0.6) is 0 Å². The van der Waals surface area contributed by atoms with Crippen LogP contribution in [0, 0.1) is 0 Å². The number of amides is 1. The van der Waals surface area contributed by atoms with E-state index in [0.717, 1.165) is 6.26 Å². The van der Waals surface area contributed by atoms with Crippen LogP contribution in [0.25, 0.3) is 0 Å². The first-order valence-corrected chi connectivity index (χ1v) is 7.06. The summed E-state index contributed by atoms with van der Waals surface area (Å²) in [6.45, 7) is 0. The van der Waals surface area contributed by atoms with Gasteiger partial charge >= 0.3 is 0 Å². The van der Waals surface area contributed by atoms with Crippen LogP contribution < -0.4 is 10.5 Å². The highest BCUT2D eigenvalue weighted by Gasteiger charge is 2.08. The van der Waals surface area contributed by atoms with E-state index in [1.165, 1.54) is 24.3 Å². The van der Waals surface area contributed by atoms with Gasteiger partial charge < -0.3 is 5.73 Å². The van der Waals surface area contributed by atoms with Crippen molar-refractivity contribution in [1.82, 2.24) is 0 Å². The molecule has 98 valence electrons. The molecule has 1 rings (SSSR count). The number of nitrogens with two attached hydrogens (primary N) is 1. The minimum Gasteiger partial charge on any atom is -0.370 e. The van der Waals surface area contributed by atoms with Gasteiger partial charge in [0.15, 0.2) is 5.78 Å². The number of anilines is 1. The molecule has 0 unspecified atom stereocenters. The molecule has 0 heterocycles. The monoisotopic (exact) mass is 270 g/mol. The van der Waals surface area contributed by atoms with Crippen LogP contribution in [-0.2, 0) is 14.8 Å². The van der Waals surface area contributed by atoms with Crippen LogP contribution in [0.4, 0.5) is 5.69 Å². The van der Waals surface area contributed by atoms with Crippen molar-refractivity contribution in [2.45, 2.75) is 12.8 Å². The molecule has 0 aliphatic heterocycles. The Balaban J connectivity index is 2.71. The first-order chi connectivity index (χ1) is 8.28. The number of primary amides is 1. The van der Waals surface area contributed by atoms with Gasteiger partial charge in [0.25, 0.3) is 0 Å². The van der Waals surface area contributed by atoms with Crippen molar-refractivity contribution in [1.29, 1.82) is 0 Å². The Kier molecular flexibility index (Phi) is 4.43. The minimum absolute atomic E-state index is 0.00216. The number of rotatable bonds is 6. The minimum atomic E-state index is -3.33. The zero-order valence-corrected chi connectivity index (χ0v) is 10.7. The number of nitrogens with one attached hydrogen (secondary N) is 1. The summed E-state index contributed by atoms with van der Waals surface area (Å²) in [6.07, 6.45) is 1.09. The number of benzene rings is 1. The summed E-state index contributed by atoms with van der Waals surface area (Å²) in [6, 6.07) is 5.96. The standard InChI is InChI=1S/C11H14N2O4S/c1-18(16,17)13-9-4-2-8(3-5-9)10(14)6-7-11(12)15/h2-5,13H,6-7H2,1H3,(H2,12,15). The van der Waals surface area contributed by atoms with Gasteiger partial charge in [0.1, 0.15) is 0 Å². The summed E-state index contributed by atoms with van der Waals surface area (Å²) in [4.78, 5) is 22.1. The average Bonchev–Trinajstić information content (AvgIpc) is 2.24. The molecule has 7 heteroatoms. The molecule has 0 aliphatic rings. The maximum atomic E-state index is 11.6. The maximum absolute atomic E-state index is 11.6. The average molecular weight is 270 g/mol. The highest BCUT2D eigenvalue weighted by Crippen LogP contribution is 2.12. The Bertz CT molecular complexity index is 549. The van der Waals surface area contributed by atoms with Crippen LogP contribution in [0.3, 0.4) is 0 Å². The number of carbonyl (C=O) groups excluding carboxylic acids is 2. The Morgan fingerprint density at radius 1 is 1.17 bits per heavy atom. The van der Waals surface area contributed by atoms with E-state index in [4.69, 9.17) is 5.73 Å². The van der Waals surface area contributed by atoms with Crippen molar-refractivity contribution in [3.63, 3.8) is 0 Å². The lowest BCUT2D eigenvalue weighted by Crippen LogP contribution is -2.13. The Morgan fingerprint density at radius 2 is 1.72 bits per heavy atom. The predicted molar refractivity (Wildman–Crippen MR) is 67.7 cm³/mol. The van der Waals surface area contributed by atoms with Crippen molar-refractivity contribution in [3.8, 4) is 0 Å². The summed E-state index contributed by atoms with van der Waals surface area (Å²) in [5.74, 6) is -0.738. The topological polar surface area (TPSA) is 106 Å². The number of hydrogen-bond donors (Lipinski definition) is 2. The van der Waals surface area contributed by atoms with E-state index >= 15 is 0 Å². The predicted octanol–water partition coefficient (Wildman–Crippen LogP) is 0.506. The lowest BCUT2D eigenvalue weighted by molar-refractivity contribution is -0.118. The van der Waals surface area contributed by atoms with E-state index in [1.807, 2.05) is 0 Å². The largest absolute Gasteiger partial charge is 0.370 e. The zero-order valence-electron chi connectivity index (χ0n) is 9.84. The summed E-state index contributed by atoms with van der Waals surface area (Å²) in [5, 5.41) is 0. The third-order valence-corrected chi connectivity index (χ3v) is 2.72. The molecule has 0 radical (unpaired) electrons. The fourth-order valence-corrected chi connectivity index (χ4v) is 1.88. The van der Waals surface area contributed by atoms with E-state index in [9.17, 15) is 18.0 Å². The van der Waals surface area contributed by atoms with Gasteiger partial charge in [-0.05, 0) is 24.3 Å². The SMILES string of the molecule is CS(=O)(=O)Nc1ccc(C(=O)CCC(N)=O)cc1. The van der Waals surface area contributed by atoms with Gasteiger partial charge in [-0.3, -0.25) is 14.3 Å². The number of carbonyl (C=O) groups is 2. The lowest BCUT2D eigenvalue weighted by atomic mass is 10.1. The van der Waals surface area contributed by atoms with Gasteiger partial charge in [-0.15, -0.1) is 0 Å². The highest BCUT2D eigenvalue weighted by molar-refractivity contribution is 7.92. The third kappa shape index (κ3) is 4.96. The molecule has 1 aromatic rings. The summed E-state index contributed by atoms with van der Waals surface area (Å²) < 4.78 is 24.2. The number of sulfonamides is 1. The zero-order chi connectivity index (χ0) is 13.8. The molecule has 0 saturated heterocycles. The second-order valence-corrected chi connectivity index (χ2v) is 5.59. The van der Waals surface area contributed by atoms with Crippen LogP contribution >= 0.6 is 0 Å². The molecule has 0 spiro atoms. The van der Waals surface area contributed by atoms with Gasteiger partial charge in [0.2, 0.25) is 15.9 Å². The molecule has 0 atom stereocenters. The van der Waals surface area contributed by atoms with Crippen molar-refractivity contribution in [2.24, 2.45) is 5.73 Å². The van der Waals surface area contributed by atoms with Gasteiger partial charge in [-0.1, -0.05) is 0 Å². The Labute approximate surface area is 105 Å². The molecule has 6 nitrogen and oxygen atoms in total. The molecule has 1 aromatic carbocycles. The normalized spacial score (nSPS) is 10.9. The molecule has 18 heavy (non-hydrogen) atoms. The summed E-state index contributed by atoms with van der Waals surface area (Å²) >= 11 is 0. The van der Waals surface area contributed by atoms with Crippen LogP contribution in [-0.4, -0.2) is 26.4 Å². The van der Waals surface area contributed by atoms with Crippen molar-refractivity contribution >= 4 is 27.4 Å². The first-order valence-electron chi connectivity index (χ1n) is 5.17. The first kappa shape index (κ1) is 14.2. The molecule has 3 N–H and O–H groups in total. The molecule has 0 fully saturated rings. The summed E-state index contributed by atoms with van der Waals surface area (Å²) in [7, 11) is -3.33. The maximum Gasteiger partial charge on any atom is 0.229 e. The Morgan fingerprint density at radius 3 is 2.17 bits per heavy atom. The fourth-order valence-electron chi connectivity index (χ4n) is 1.32. The third-order valence-electron chi connectivity index (χ3n) is 2.11. The van der Waals surface area contributed by atoms with Crippen LogP contribution in [0.2, 0.25) is 0 Å². The van der Waals surface area contributed by atoms with Crippen molar-refractivity contribution < 1.29 is 18.0 Å². The smallest absolute Gasteiger partial charge is 0.229 e. The quantitative estimate of drug-likeness (QED) is 0.734. The molecular weight excluding hydrogens is 256 g/mol. The van der Waals surface area contributed by atoms with E-state index in [2.05, 4.69) is 4.72 Å². The van der Waals surface area contributed by atoms with Crippen molar-refractivity contribution in [3.05, 3.63) is 29.8 Å². The molecule has 0 aromatic heterocycles. The van der Waals surface area contributed by atoms with Gasteiger partial charge in [-0.2, -0.15) is 0 Å². The van der Waals surface area contributed by atoms with Gasteiger partial charge in [0, 0.05) is 24.1 Å². The fraction of sp³-hybridized carbons (Fsp3) is 0.273. The molecule has 0 aliphatic carbocycles. The van der Waals surface area contributed by atoms with E-state index < -0.39 is 15.9 Å². The van der Waals surface area contributed by atoms with Crippen LogP contribution in [0.15, 0.2) is 24.3 Å². The molecule has 0 bridgehead atoms. The molecule has 0 saturated carbocycles. The summed E-state index contributed by atoms with van der Waals surface area (Å²) in [5.41, 5.74) is 5.74. The van der Waals surface area contributed by atoms with Gasteiger partial charge in [-0.25, -0.2) is 8.42 Å². The van der Waals surface area contributed by atoms with E-state index in [0.29, 0.717) is 11.3 Å². The Hall–Kier alpha value is -1.89. The highest BCUT2D eigenvalue weighted by atomic mass is 32.2. The molecular formula is C11H14N2O4S. The van der Waals surface area contributed by atoms with E-state index in [1.54, 1.807) is 0 Å². The second kappa shape index (κ2) is 5.63. The number of ketones is 1. The van der Waals surface area contributed by atoms with Gasteiger partial charge in [0.05, 0.1) is 6.26 Å². The van der Waals surface area contributed by atoms with Crippen LogP contribution in [0.1, 0.15) is 23.2 Å².